The number of aromatic amines is 1. The quantitative estimate of drug-likeness (QED) is 0.916. The summed E-state index contributed by atoms with van der Waals surface area (Å²) in [6.45, 7) is 4.56. The van der Waals surface area contributed by atoms with Crippen molar-refractivity contribution in [2.75, 3.05) is 14.2 Å². The van der Waals surface area contributed by atoms with E-state index in [4.69, 9.17) is 4.74 Å². The zero-order valence-corrected chi connectivity index (χ0v) is 12.9. The molecule has 1 unspecified atom stereocenters. The Morgan fingerprint density at radius 3 is 2.76 bits per heavy atom. The third-order valence-corrected chi connectivity index (χ3v) is 3.56. The molecular formula is C16H21N3O2. The van der Waals surface area contributed by atoms with E-state index >= 15 is 0 Å². The first-order chi connectivity index (χ1) is 10.0. The maximum absolute atomic E-state index is 11.6. The number of hydrogen-bond donors (Lipinski definition) is 1. The fourth-order valence-corrected chi connectivity index (χ4v) is 2.25. The van der Waals surface area contributed by atoms with Gasteiger partial charge in [0.15, 0.2) is 0 Å². The van der Waals surface area contributed by atoms with E-state index in [0.717, 1.165) is 17.0 Å². The highest BCUT2D eigenvalue weighted by Crippen LogP contribution is 2.22. The maximum Gasteiger partial charge on any atom is 0.251 e. The van der Waals surface area contributed by atoms with Crippen LogP contribution in [0.4, 0.5) is 0 Å². The number of hydrogen-bond acceptors (Lipinski definition) is 4. The van der Waals surface area contributed by atoms with E-state index < -0.39 is 0 Å². The lowest BCUT2D eigenvalue weighted by molar-refractivity contribution is 0.239. The number of ether oxygens (including phenoxy) is 1. The number of methoxy groups -OCH3 is 1. The summed E-state index contributed by atoms with van der Waals surface area (Å²) in [7, 11) is 3.67. The molecule has 112 valence electrons. The molecule has 1 heterocycles. The van der Waals surface area contributed by atoms with Crippen molar-refractivity contribution in [2.45, 2.75) is 26.4 Å². The van der Waals surface area contributed by atoms with E-state index in [0.29, 0.717) is 12.4 Å². The third kappa shape index (κ3) is 3.70. The SMILES string of the molecule is COc1ccccc1CN(C)C(C)c1nc(C)cc(=O)[nH]1. The fraction of sp³-hybridized carbons (Fsp3) is 0.375. The molecule has 1 aromatic heterocycles. The second-order valence-corrected chi connectivity index (χ2v) is 5.17. The first kappa shape index (κ1) is 15.3. The Hall–Kier alpha value is -2.14. The molecule has 1 aromatic carbocycles. The van der Waals surface area contributed by atoms with Gasteiger partial charge >= 0.3 is 0 Å². The van der Waals surface area contributed by atoms with Crippen LogP contribution in [0.15, 0.2) is 35.1 Å². The van der Waals surface area contributed by atoms with Crippen LogP contribution < -0.4 is 10.3 Å². The summed E-state index contributed by atoms with van der Waals surface area (Å²) < 4.78 is 5.37. The summed E-state index contributed by atoms with van der Waals surface area (Å²) in [4.78, 5) is 20.9. The van der Waals surface area contributed by atoms with Crippen LogP contribution in [0, 0.1) is 6.92 Å². The van der Waals surface area contributed by atoms with Crippen molar-refractivity contribution in [3.8, 4) is 5.75 Å². The Balaban J connectivity index is 2.19. The van der Waals surface area contributed by atoms with Gasteiger partial charge in [0.1, 0.15) is 11.6 Å². The predicted molar refractivity (Wildman–Crippen MR) is 82.5 cm³/mol. The molecule has 0 bridgehead atoms. The first-order valence-electron chi connectivity index (χ1n) is 6.91. The minimum absolute atomic E-state index is 0.00233. The van der Waals surface area contributed by atoms with E-state index in [-0.39, 0.29) is 11.6 Å². The lowest BCUT2D eigenvalue weighted by Crippen LogP contribution is -2.26. The van der Waals surface area contributed by atoms with Gasteiger partial charge in [0, 0.05) is 23.9 Å². The number of nitrogens with zero attached hydrogens (tertiary/aromatic N) is 2. The van der Waals surface area contributed by atoms with Gasteiger partial charge in [-0.3, -0.25) is 9.69 Å². The molecule has 0 radical (unpaired) electrons. The molecule has 5 nitrogen and oxygen atoms in total. The van der Waals surface area contributed by atoms with Gasteiger partial charge in [-0.25, -0.2) is 4.98 Å². The Morgan fingerprint density at radius 1 is 1.38 bits per heavy atom. The maximum atomic E-state index is 11.6. The van der Waals surface area contributed by atoms with Crippen LogP contribution in [0.5, 0.6) is 5.75 Å². The Morgan fingerprint density at radius 2 is 2.10 bits per heavy atom. The van der Waals surface area contributed by atoms with E-state index in [1.54, 1.807) is 7.11 Å². The van der Waals surface area contributed by atoms with Crippen molar-refractivity contribution in [1.29, 1.82) is 0 Å². The first-order valence-corrected chi connectivity index (χ1v) is 6.91. The second kappa shape index (κ2) is 6.54. The molecule has 0 aliphatic carbocycles. The topological polar surface area (TPSA) is 58.2 Å². The molecule has 0 aliphatic heterocycles. The molecule has 0 saturated carbocycles. The van der Waals surface area contributed by atoms with Gasteiger partial charge in [-0.1, -0.05) is 18.2 Å². The van der Waals surface area contributed by atoms with Crippen LogP contribution in [0.3, 0.4) is 0 Å². The highest BCUT2D eigenvalue weighted by molar-refractivity contribution is 5.33. The standard InChI is InChI=1S/C16H21N3O2/c1-11-9-15(20)18-16(17-11)12(2)19(3)10-13-7-5-6-8-14(13)21-4/h5-9,12H,10H2,1-4H3,(H,17,18,20). The smallest absolute Gasteiger partial charge is 0.251 e. The number of aryl methyl sites for hydroxylation is 1. The van der Waals surface area contributed by atoms with E-state index in [2.05, 4.69) is 14.9 Å². The van der Waals surface area contributed by atoms with Crippen LogP contribution in [-0.4, -0.2) is 29.0 Å². The molecule has 21 heavy (non-hydrogen) atoms. The number of para-hydroxylation sites is 1. The summed E-state index contributed by atoms with van der Waals surface area (Å²) in [5.74, 6) is 1.54. The minimum atomic E-state index is -0.116. The number of H-pyrrole nitrogens is 1. The Labute approximate surface area is 124 Å². The Kier molecular flexibility index (Phi) is 4.75. The number of benzene rings is 1. The fourth-order valence-electron chi connectivity index (χ4n) is 2.25. The second-order valence-electron chi connectivity index (χ2n) is 5.17. The zero-order valence-electron chi connectivity index (χ0n) is 12.9. The predicted octanol–water partition coefficient (Wildman–Crippen LogP) is 2.28. The van der Waals surface area contributed by atoms with Crippen molar-refractivity contribution < 1.29 is 4.74 Å². The summed E-state index contributed by atoms with van der Waals surface area (Å²) in [5.41, 5.74) is 1.71. The average molecular weight is 287 g/mol. The van der Waals surface area contributed by atoms with Crippen molar-refractivity contribution in [3.63, 3.8) is 0 Å². The van der Waals surface area contributed by atoms with Crippen molar-refractivity contribution in [2.24, 2.45) is 0 Å². The van der Waals surface area contributed by atoms with Crippen LogP contribution in [-0.2, 0) is 6.54 Å². The van der Waals surface area contributed by atoms with Crippen molar-refractivity contribution in [1.82, 2.24) is 14.9 Å². The van der Waals surface area contributed by atoms with Gasteiger partial charge in [-0.2, -0.15) is 0 Å². The number of rotatable bonds is 5. The molecule has 1 N–H and O–H groups in total. The van der Waals surface area contributed by atoms with Gasteiger partial charge in [0.2, 0.25) is 0 Å². The molecule has 5 heteroatoms. The largest absolute Gasteiger partial charge is 0.496 e. The zero-order chi connectivity index (χ0) is 15.4. The molecule has 1 atom stereocenters. The van der Waals surface area contributed by atoms with Gasteiger partial charge in [0.25, 0.3) is 5.56 Å². The molecule has 0 fully saturated rings. The normalized spacial score (nSPS) is 12.4. The van der Waals surface area contributed by atoms with E-state index in [1.807, 2.05) is 45.2 Å². The lowest BCUT2D eigenvalue weighted by atomic mass is 10.1. The summed E-state index contributed by atoms with van der Waals surface area (Å²) in [6, 6.07) is 9.42. The number of aromatic nitrogens is 2. The van der Waals surface area contributed by atoms with Gasteiger partial charge < -0.3 is 9.72 Å². The third-order valence-electron chi connectivity index (χ3n) is 3.56. The van der Waals surface area contributed by atoms with Gasteiger partial charge in [-0.05, 0) is 27.0 Å². The summed E-state index contributed by atoms with van der Waals surface area (Å²) >= 11 is 0. The van der Waals surface area contributed by atoms with Crippen molar-refractivity contribution >= 4 is 0 Å². The van der Waals surface area contributed by atoms with Crippen LogP contribution in [0.1, 0.15) is 30.0 Å². The highest BCUT2D eigenvalue weighted by Gasteiger charge is 2.16. The molecule has 2 aromatic rings. The van der Waals surface area contributed by atoms with E-state index in [1.165, 1.54) is 6.07 Å². The lowest BCUT2D eigenvalue weighted by Gasteiger charge is -2.24. The molecule has 0 spiro atoms. The highest BCUT2D eigenvalue weighted by atomic mass is 16.5. The van der Waals surface area contributed by atoms with Crippen LogP contribution in [0.2, 0.25) is 0 Å². The molecule has 2 rings (SSSR count). The molecule has 0 aliphatic rings. The van der Waals surface area contributed by atoms with Gasteiger partial charge in [0.05, 0.1) is 13.2 Å². The van der Waals surface area contributed by atoms with Crippen molar-refractivity contribution in [3.05, 3.63) is 57.8 Å². The molecular weight excluding hydrogens is 266 g/mol. The summed E-state index contributed by atoms with van der Waals surface area (Å²) in [6.07, 6.45) is 0. The number of nitrogens with one attached hydrogen (secondary N) is 1. The van der Waals surface area contributed by atoms with Gasteiger partial charge in [-0.15, -0.1) is 0 Å². The average Bonchev–Trinajstić information content (AvgIpc) is 2.46. The molecule has 0 saturated heterocycles. The molecule has 0 amide bonds. The Bertz CT molecular complexity index is 667. The van der Waals surface area contributed by atoms with Crippen LogP contribution >= 0.6 is 0 Å². The van der Waals surface area contributed by atoms with Crippen LogP contribution in [0.25, 0.3) is 0 Å². The summed E-state index contributed by atoms with van der Waals surface area (Å²) in [5, 5.41) is 0. The monoisotopic (exact) mass is 287 g/mol. The van der Waals surface area contributed by atoms with E-state index in [9.17, 15) is 4.79 Å². The minimum Gasteiger partial charge on any atom is -0.496 e.